The van der Waals surface area contributed by atoms with Gasteiger partial charge >= 0.3 is 0 Å². The molecule has 1 saturated carbocycles. The number of rotatable bonds is 3. The first kappa shape index (κ1) is 18.7. The number of phenols is 1. The number of nitrogens with zero attached hydrogens (tertiary/aromatic N) is 3. The molecule has 0 aliphatic heterocycles. The number of aromatic nitrogens is 3. The lowest BCUT2D eigenvalue weighted by molar-refractivity contribution is 0.477. The first-order chi connectivity index (χ1) is 14.5. The third-order valence-corrected chi connectivity index (χ3v) is 6.02. The van der Waals surface area contributed by atoms with Crippen molar-refractivity contribution in [3.63, 3.8) is 0 Å². The van der Waals surface area contributed by atoms with E-state index in [0.29, 0.717) is 26.8 Å². The minimum Gasteiger partial charge on any atom is -0.507 e. The summed E-state index contributed by atoms with van der Waals surface area (Å²) in [5.41, 5.74) is 3.57. The van der Waals surface area contributed by atoms with Gasteiger partial charge in [0, 0.05) is 23.2 Å². The van der Waals surface area contributed by atoms with Gasteiger partial charge < -0.3 is 10.1 Å². The van der Waals surface area contributed by atoms with E-state index in [1.165, 1.54) is 10.6 Å². The average Bonchev–Trinajstić information content (AvgIpc) is 3.51. The van der Waals surface area contributed by atoms with E-state index in [2.05, 4.69) is 10.1 Å². The van der Waals surface area contributed by atoms with Crippen molar-refractivity contribution >= 4 is 28.8 Å². The van der Waals surface area contributed by atoms with Crippen LogP contribution in [0.4, 0.5) is 0 Å². The summed E-state index contributed by atoms with van der Waals surface area (Å²) in [6.07, 6.45) is 3.57. The van der Waals surface area contributed by atoms with Gasteiger partial charge in [0.1, 0.15) is 11.4 Å². The Morgan fingerprint density at radius 1 is 1.13 bits per heavy atom. The quantitative estimate of drug-likeness (QED) is 0.465. The van der Waals surface area contributed by atoms with Crippen molar-refractivity contribution in [3.8, 4) is 34.1 Å². The summed E-state index contributed by atoms with van der Waals surface area (Å²) >= 11 is 12.3. The van der Waals surface area contributed by atoms with Gasteiger partial charge in [-0.2, -0.15) is 14.9 Å². The molecule has 2 aromatic carbocycles. The molecular weight excluding hydrogens is 423 g/mol. The Morgan fingerprint density at radius 3 is 2.60 bits per heavy atom. The van der Waals surface area contributed by atoms with Gasteiger partial charge in [-0.1, -0.05) is 29.3 Å². The second kappa shape index (κ2) is 6.91. The molecule has 0 amide bonds. The van der Waals surface area contributed by atoms with E-state index in [4.69, 9.17) is 28.5 Å². The summed E-state index contributed by atoms with van der Waals surface area (Å²) < 4.78 is 1.33. The average molecular weight is 437 g/mol. The summed E-state index contributed by atoms with van der Waals surface area (Å²) in [4.78, 5) is 16.4. The Hall–Kier alpha value is -3.27. The molecule has 148 valence electrons. The van der Waals surface area contributed by atoms with Crippen LogP contribution < -0.4 is 5.56 Å². The lowest BCUT2D eigenvalue weighted by Gasteiger charge is -2.07. The van der Waals surface area contributed by atoms with Crippen LogP contribution in [0.1, 0.15) is 30.0 Å². The molecule has 1 fully saturated rings. The smallest absolute Gasteiger partial charge is 0.282 e. The fraction of sp³-hybridized carbons (Fsp3) is 0.136. The predicted molar refractivity (Wildman–Crippen MR) is 115 cm³/mol. The molecule has 5 rings (SSSR count). The molecule has 30 heavy (non-hydrogen) atoms. The first-order valence-corrected chi connectivity index (χ1v) is 10.1. The number of nitrogens with one attached hydrogen (secondary N) is 1. The van der Waals surface area contributed by atoms with Gasteiger partial charge in [-0.15, -0.1) is 0 Å². The molecular formula is C22H14Cl2N4O2. The maximum atomic E-state index is 13.3. The molecule has 8 heteroatoms. The Balaban J connectivity index is 1.75. The zero-order valence-corrected chi connectivity index (χ0v) is 17.0. The monoisotopic (exact) mass is 436 g/mol. The van der Waals surface area contributed by atoms with Crippen LogP contribution in [-0.2, 0) is 0 Å². The van der Waals surface area contributed by atoms with Crippen molar-refractivity contribution in [1.82, 2.24) is 14.6 Å². The van der Waals surface area contributed by atoms with E-state index in [1.807, 2.05) is 12.1 Å². The van der Waals surface area contributed by atoms with Gasteiger partial charge in [0.15, 0.2) is 0 Å². The number of benzene rings is 2. The molecule has 0 unspecified atom stereocenters. The second-order valence-electron chi connectivity index (χ2n) is 7.28. The summed E-state index contributed by atoms with van der Waals surface area (Å²) in [7, 11) is 0. The highest BCUT2D eigenvalue weighted by atomic mass is 35.5. The van der Waals surface area contributed by atoms with Crippen LogP contribution in [0.25, 0.3) is 27.9 Å². The highest BCUT2D eigenvalue weighted by Crippen LogP contribution is 2.45. The summed E-state index contributed by atoms with van der Waals surface area (Å²) in [5.74, 6) is 0.145. The lowest BCUT2D eigenvalue weighted by Crippen LogP contribution is -2.17. The van der Waals surface area contributed by atoms with E-state index in [0.717, 1.165) is 29.7 Å². The van der Waals surface area contributed by atoms with Gasteiger partial charge in [0.2, 0.25) is 0 Å². The van der Waals surface area contributed by atoms with Crippen LogP contribution in [0.2, 0.25) is 10.0 Å². The molecule has 6 nitrogen and oxygen atoms in total. The Bertz CT molecular complexity index is 1430. The van der Waals surface area contributed by atoms with Crippen LogP contribution in [0.3, 0.4) is 0 Å². The van der Waals surface area contributed by atoms with Crippen molar-refractivity contribution in [2.24, 2.45) is 0 Å². The second-order valence-corrected chi connectivity index (χ2v) is 8.09. The molecule has 0 spiro atoms. The van der Waals surface area contributed by atoms with Crippen molar-refractivity contribution in [2.75, 3.05) is 0 Å². The fourth-order valence-electron chi connectivity index (χ4n) is 3.63. The minimum absolute atomic E-state index is 0.141. The Labute approximate surface area is 180 Å². The Kier molecular flexibility index (Phi) is 4.31. The van der Waals surface area contributed by atoms with Crippen molar-refractivity contribution in [3.05, 3.63) is 74.3 Å². The molecule has 0 bridgehead atoms. The molecule has 0 atom stereocenters. The number of aromatic hydroxyl groups is 1. The number of fused-ring (bicyclic) bond motifs is 1. The molecule has 1 aliphatic rings. The van der Waals surface area contributed by atoms with E-state index in [-0.39, 0.29) is 22.8 Å². The van der Waals surface area contributed by atoms with Crippen LogP contribution in [0.15, 0.2) is 47.4 Å². The molecule has 0 saturated heterocycles. The third-order valence-electron chi connectivity index (χ3n) is 5.28. The van der Waals surface area contributed by atoms with Crippen molar-refractivity contribution < 1.29 is 5.11 Å². The SMILES string of the molecule is N#Cc1ccc(-c2c[nH]c3c(-c4ccc(Cl)c(Cl)c4)c(C4CC4)nn3c2=O)c(O)c1. The number of hydrogen-bond acceptors (Lipinski definition) is 4. The Morgan fingerprint density at radius 2 is 1.93 bits per heavy atom. The zero-order valence-electron chi connectivity index (χ0n) is 15.5. The number of phenolic OH excluding ortho intramolecular Hbond substituents is 1. The van der Waals surface area contributed by atoms with Gasteiger partial charge in [-0.05, 0) is 48.7 Å². The van der Waals surface area contributed by atoms with Crippen LogP contribution in [0.5, 0.6) is 5.75 Å². The maximum Gasteiger partial charge on any atom is 0.282 e. The first-order valence-electron chi connectivity index (χ1n) is 9.31. The zero-order chi connectivity index (χ0) is 21.0. The van der Waals surface area contributed by atoms with Gasteiger partial charge in [0.25, 0.3) is 5.56 Å². The van der Waals surface area contributed by atoms with Crippen LogP contribution in [0, 0.1) is 11.3 Å². The molecule has 1 aliphatic carbocycles. The highest BCUT2D eigenvalue weighted by Gasteiger charge is 2.32. The third kappa shape index (κ3) is 2.95. The van der Waals surface area contributed by atoms with Gasteiger partial charge in [-0.3, -0.25) is 4.79 Å². The fourth-order valence-corrected chi connectivity index (χ4v) is 3.93. The molecule has 4 aromatic rings. The summed E-state index contributed by atoms with van der Waals surface area (Å²) in [6, 6.07) is 11.8. The largest absolute Gasteiger partial charge is 0.507 e. The number of nitriles is 1. The van der Waals surface area contributed by atoms with Crippen molar-refractivity contribution in [2.45, 2.75) is 18.8 Å². The minimum atomic E-state index is -0.364. The van der Waals surface area contributed by atoms with Crippen LogP contribution >= 0.6 is 23.2 Å². The van der Waals surface area contributed by atoms with E-state index in [1.54, 1.807) is 30.5 Å². The number of H-pyrrole nitrogens is 1. The van der Waals surface area contributed by atoms with Crippen molar-refractivity contribution in [1.29, 1.82) is 5.26 Å². The molecule has 2 heterocycles. The van der Waals surface area contributed by atoms with Gasteiger partial charge in [-0.25, -0.2) is 0 Å². The molecule has 2 aromatic heterocycles. The lowest BCUT2D eigenvalue weighted by atomic mass is 10.0. The highest BCUT2D eigenvalue weighted by molar-refractivity contribution is 6.42. The maximum absolute atomic E-state index is 13.3. The summed E-state index contributed by atoms with van der Waals surface area (Å²) in [5, 5.41) is 24.8. The summed E-state index contributed by atoms with van der Waals surface area (Å²) in [6.45, 7) is 0. The normalized spacial score (nSPS) is 13.5. The van der Waals surface area contributed by atoms with E-state index < -0.39 is 0 Å². The molecule has 0 radical (unpaired) electrons. The van der Waals surface area contributed by atoms with E-state index >= 15 is 0 Å². The van der Waals surface area contributed by atoms with Gasteiger partial charge in [0.05, 0.1) is 32.9 Å². The van der Waals surface area contributed by atoms with E-state index in [9.17, 15) is 9.90 Å². The number of halogens is 2. The predicted octanol–water partition coefficient (Wildman–Crippen LogP) is 5.12. The standard InChI is InChI=1S/C22H14Cl2N4O2/c23-16-6-4-13(8-17(16)24)19-20(12-2-3-12)27-28-21(19)26-10-15(22(28)30)14-5-1-11(9-25)7-18(14)29/h1,4-8,10,12,26,29H,2-3H2. The molecule has 2 N–H and O–H groups in total. The number of aromatic amines is 1. The van der Waals surface area contributed by atoms with Crippen LogP contribution in [-0.4, -0.2) is 19.7 Å². The number of hydrogen-bond donors (Lipinski definition) is 2. The topological polar surface area (TPSA) is 94.2 Å².